The molecule has 3 nitrogen and oxygen atoms in total. The first-order valence-electron chi connectivity index (χ1n) is 5.80. The minimum absolute atomic E-state index is 0.653. The molecule has 0 aliphatic heterocycles. The fourth-order valence-electron chi connectivity index (χ4n) is 1.64. The van der Waals surface area contributed by atoms with Crippen molar-refractivity contribution >= 4 is 44.4 Å². The number of thiocarbonyl (C=S) groups is 1. The molecule has 0 aliphatic carbocycles. The van der Waals surface area contributed by atoms with Crippen LogP contribution >= 0.6 is 23.6 Å². The van der Waals surface area contributed by atoms with Gasteiger partial charge in [0.1, 0.15) is 0 Å². The normalized spacial score (nSPS) is 10.5. The smallest absolute Gasteiger partial charge is 0.170 e. The molecule has 0 spiro atoms. The number of nitrogens with one attached hydrogen (secondary N) is 2. The summed E-state index contributed by atoms with van der Waals surface area (Å²) in [4.78, 5) is 0. The van der Waals surface area contributed by atoms with Crippen LogP contribution in [0.25, 0.3) is 10.1 Å². The van der Waals surface area contributed by atoms with Crippen molar-refractivity contribution in [1.29, 1.82) is 0 Å². The molecule has 2 N–H and O–H groups in total. The summed E-state index contributed by atoms with van der Waals surface area (Å²) in [5.41, 5.74) is 1.02. The summed E-state index contributed by atoms with van der Waals surface area (Å²) in [7, 11) is 1.70. The number of hydrogen-bond donors (Lipinski definition) is 2. The highest BCUT2D eigenvalue weighted by Crippen LogP contribution is 2.23. The largest absolute Gasteiger partial charge is 0.385 e. The van der Waals surface area contributed by atoms with Gasteiger partial charge in [-0.3, -0.25) is 0 Å². The van der Waals surface area contributed by atoms with Crippen LogP contribution in [0.4, 0.5) is 5.69 Å². The number of fused-ring (bicyclic) bond motifs is 1. The number of thiophene rings is 1. The van der Waals surface area contributed by atoms with Crippen LogP contribution in [-0.2, 0) is 4.74 Å². The van der Waals surface area contributed by atoms with E-state index in [-0.39, 0.29) is 0 Å². The third kappa shape index (κ3) is 3.66. The average molecular weight is 280 g/mol. The van der Waals surface area contributed by atoms with Crippen LogP contribution < -0.4 is 10.6 Å². The number of rotatable bonds is 5. The van der Waals surface area contributed by atoms with Gasteiger partial charge in [-0.05, 0) is 53.7 Å². The minimum Gasteiger partial charge on any atom is -0.385 e. The predicted octanol–water partition coefficient (Wildman–Crippen LogP) is 3.22. The van der Waals surface area contributed by atoms with Crippen molar-refractivity contribution in [2.45, 2.75) is 6.42 Å². The van der Waals surface area contributed by atoms with Crippen molar-refractivity contribution in [3.63, 3.8) is 0 Å². The second-order valence-electron chi connectivity index (χ2n) is 3.90. The minimum atomic E-state index is 0.653. The van der Waals surface area contributed by atoms with E-state index in [4.69, 9.17) is 17.0 Å². The Kier molecular flexibility index (Phi) is 4.92. The summed E-state index contributed by atoms with van der Waals surface area (Å²) in [5.74, 6) is 0. The molecule has 2 aromatic rings. The van der Waals surface area contributed by atoms with Gasteiger partial charge in [-0.15, -0.1) is 11.3 Å². The van der Waals surface area contributed by atoms with Crippen LogP contribution in [-0.4, -0.2) is 25.4 Å². The Morgan fingerprint density at radius 3 is 3.11 bits per heavy atom. The molecule has 0 saturated carbocycles. The average Bonchev–Trinajstić information content (AvgIpc) is 2.82. The summed E-state index contributed by atoms with van der Waals surface area (Å²) in [6, 6.07) is 8.37. The van der Waals surface area contributed by atoms with E-state index in [9.17, 15) is 0 Å². The second-order valence-corrected chi connectivity index (χ2v) is 5.26. The highest BCUT2D eigenvalue weighted by Gasteiger charge is 1.99. The molecule has 0 fully saturated rings. The van der Waals surface area contributed by atoms with E-state index in [0.29, 0.717) is 5.11 Å². The van der Waals surface area contributed by atoms with E-state index in [2.05, 4.69) is 34.2 Å². The lowest BCUT2D eigenvalue weighted by Crippen LogP contribution is -2.29. The van der Waals surface area contributed by atoms with Gasteiger partial charge >= 0.3 is 0 Å². The number of ether oxygens (including phenoxy) is 1. The standard InChI is InChI=1S/C13H16N2OS2/c1-16-7-2-6-14-13(17)15-11-3-4-12-10(9-11)5-8-18-12/h3-5,8-9H,2,6-7H2,1H3,(H2,14,15,17). The molecule has 18 heavy (non-hydrogen) atoms. The summed E-state index contributed by atoms with van der Waals surface area (Å²) >= 11 is 6.97. The van der Waals surface area contributed by atoms with Crippen LogP contribution in [0.2, 0.25) is 0 Å². The predicted molar refractivity (Wildman–Crippen MR) is 82.5 cm³/mol. The molecule has 1 aromatic heterocycles. The van der Waals surface area contributed by atoms with Gasteiger partial charge in [-0.2, -0.15) is 0 Å². The zero-order valence-electron chi connectivity index (χ0n) is 10.2. The van der Waals surface area contributed by atoms with Crippen molar-refractivity contribution in [2.24, 2.45) is 0 Å². The van der Waals surface area contributed by atoms with E-state index < -0.39 is 0 Å². The van der Waals surface area contributed by atoms with Gasteiger partial charge in [0.05, 0.1) is 0 Å². The van der Waals surface area contributed by atoms with Crippen LogP contribution in [0.15, 0.2) is 29.6 Å². The molecule has 0 atom stereocenters. The molecule has 2 rings (SSSR count). The fraction of sp³-hybridized carbons (Fsp3) is 0.308. The van der Waals surface area contributed by atoms with Crippen molar-refractivity contribution in [3.8, 4) is 0 Å². The van der Waals surface area contributed by atoms with Crippen LogP contribution in [0.3, 0.4) is 0 Å². The Bertz CT molecular complexity index is 524. The Morgan fingerprint density at radius 1 is 1.39 bits per heavy atom. The topological polar surface area (TPSA) is 33.3 Å². The summed E-state index contributed by atoms with van der Waals surface area (Å²) in [5, 5.41) is 10.3. The Labute approximate surface area is 116 Å². The van der Waals surface area contributed by atoms with E-state index in [1.54, 1.807) is 18.4 Å². The molecular weight excluding hydrogens is 264 g/mol. The first-order chi connectivity index (χ1) is 8.79. The zero-order chi connectivity index (χ0) is 12.8. The van der Waals surface area contributed by atoms with E-state index in [1.165, 1.54) is 10.1 Å². The number of benzene rings is 1. The maximum atomic E-state index is 5.23. The summed E-state index contributed by atoms with van der Waals surface area (Å²) < 4.78 is 6.27. The summed E-state index contributed by atoms with van der Waals surface area (Å²) in [6.07, 6.45) is 0.946. The van der Waals surface area contributed by atoms with Crippen LogP contribution in [0.5, 0.6) is 0 Å². The van der Waals surface area contributed by atoms with Gasteiger partial charge in [0, 0.05) is 30.6 Å². The van der Waals surface area contributed by atoms with E-state index >= 15 is 0 Å². The molecule has 0 bridgehead atoms. The molecule has 0 unspecified atom stereocenters. The van der Waals surface area contributed by atoms with Gasteiger partial charge in [0.25, 0.3) is 0 Å². The third-order valence-electron chi connectivity index (χ3n) is 2.52. The molecule has 96 valence electrons. The molecule has 0 amide bonds. The number of anilines is 1. The van der Waals surface area contributed by atoms with Crippen LogP contribution in [0, 0.1) is 0 Å². The highest BCUT2D eigenvalue weighted by atomic mass is 32.1. The first-order valence-corrected chi connectivity index (χ1v) is 7.09. The van der Waals surface area contributed by atoms with Crippen molar-refractivity contribution in [2.75, 3.05) is 25.6 Å². The van der Waals surface area contributed by atoms with E-state index in [0.717, 1.165) is 25.3 Å². The highest BCUT2D eigenvalue weighted by molar-refractivity contribution is 7.80. The van der Waals surface area contributed by atoms with Gasteiger partial charge in [0.2, 0.25) is 0 Å². The maximum absolute atomic E-state index is 5.23. The quantitative estimate of drug-likeness (QED) is 0.651. The van der Waals surface area contributed by atoms with Gasteiger partial charge in [0.15, 0.2) is 5.11 Å². The number of hydrogen-bond acceptors (Lipinski definition) is 3. The lowest BCUT2D eigenvalue weighted by Gasteiger charge is -2.10. The van der Waals surface area contributed by atoms with Gasteiger partial charge < -0.3 is 15.4 Å². The van der Waals surface area contributed by atoms with Gasteiger partial charge in [-0.25, -0.2) is 0 Å². The lowest BCUT2D eigenvalue weighted by molar-refractivity contribution is 0.196. The summed E-state index contributed by atoms with van der Waals surface area (Å²) in [6.45, 7) is 1.57. The lowest BCUT2D eigenvalue weighted by atomic mass is 10.2. The van der Waals surface area contributed by atoms with E-state index in [1.807, 2.05) is 6.07 Å². The maximum Gasteiger partial charge on any atom is 0.170 e. The molecular formula is C13H16N2OS2. The molecule has 0 radical (unpaired) electrons. The van der Waals surface area contributed by atoms with Crippen molar-refractivity contribution < 1.29 is 4.74 Å². The molecule has 5 heteroatoms. The molecule has 1 aromatic carbocycles. The first kappa shape index (κ1) is 13.3. The SMILES string of the molecule is COCCCNC(=S)Nc1ccc2sccc2c1. The zero-order valence-corrected chi connectivity index (χ0v) is 11.9. The monoisotopic (exact) mass is 280 g/mol. The van der Waals surface area contributed by atoms with Crippen molar-refractivity contribution in [1.82, 2.24) is 5.32 Å². The molecule has 0 saturated heterocycles. The van der Waals surface area contributed by atoms with Crippen molar-refractivity contribution in [3.05, 3.63) is 29.6 Å². The number of methoxy groups -OCH3 is 1. The molecule has 0 aliphatic rings. The Morgan fingerprint density at radius 2 is 2.28 bits per heavy atom. The second kappa shape index (κ2) is 6.68. The fourth-order valence-corrected chi connectivity index (χ4v) is 2.63. The molecule has 1 heterocycles. The Balaban J connectivity index is 1.86. The Hall–Kier alpha value is -1.17. The third-order valence-corrected chi connectivity index (χ3v) is 3.67. The van der Waals surface area contributed by atoms with Gasteiger partial charge in [-0.1, -0.05) is 0 Å². The van der Waals surface area contributed by atoms with Crippen LogP contribution in [0.1, 0.15) is 6.42 Å².